The van der Waals surface area contributed by atoms with Gasteiger partial charge in [-0.1, -0.05) is 0 Å². The van der Waals surface area contributed by atoms with Crippen LogP contribution in [-0.4, -0.2) is 47.9 Å². The van der Waals surface area contributed by atoms with E-state index in [-0.39, 0.29) is 33.7 Å². The van der Waals surface area contributed by atoms with E-state index in [4.69, 9.17) is 4.52 Å². The molecular formula is C18H18F2N4O3. The summed E-state index contributed by atoms with van der Waals surface area (Å²) in [5.74, 6) is -1.56. The predicted molar refractivity (Wildman–Crippen MR) is 96.5 cm³/mol. The zero-order valence-electron chi connectivity index (χ0n) is 14.7. The highest BCUT2D eigenvalue weighted by Crippen LogP contribution is 2.41. The SMILES string of the molecule is CN1CCN(c2c(F)cc3c(=O)c4c(=O)[nH]oc4n(C4CC4)c3c2F)CC1. The Hall–Kier alpha value is -2.68. The summed E-state index contributed by atoms with van der Waals surface area (Å²) in [7, 11) is 1.96. The number of anilines is 1. The number of likely N-dealkylation sites (N-methyl/N-ethyl adjacent to an activating group) is 1. The van der Waals surface area contributed by atoms with Gasteiger partial charge in [-0.2, -0.15) is 5.16 Å². The Morgan fingerprint density at radius 3 is 2.52 bits per heavy atom. The van der Waals surface area contributed by atoms with Crippen molar-refractivity contribution in [3.8, 4) is 0 Å². The van der Waals surface area contributed by atoms with Crippen molar-refractivity contribution in [2.75, 3.05) is 38.1 Å². The Morgan fingerprint density at radius 2 is 1.85 bits per heavy atom. The maximum Gasteiger partial charge on any atom is 0.293 e. The Bertz CT molecular complexity index is 1180. The molecule has 1 aliphatic heterocycles. The van der Waals surface area contributed by atoms with Gasteiger partial charge in [0.25, 0.3) is 5.56 Å². The largest absolute Gasteiger partial charge is 0.364 e. The fourth-order valence-electron chi connectivity index (χ4n) is 3.91. The van der Waals surface area contributed by atoms with Crippen LogP contribution in [0.5, 0.6) is 0 Å². The summed E-state index contributed by atoms with van der Waals surface area (Å²) in [5.41, 5.74) is -1.49. The standard InChI is InChI=1S/C18H18F2N4O3/c1-22-4-6-23(7-5-22)15-11(19)8-10-14(13(15)20)24(9-2-3-9)18-12(16(10)25)17(26)21-27-18/h8-9H,2-7H2,1H3,(H,21,26). The maximum atomic E-state index is 15.6. The monoisotopic (exact) mass is 376 g/mol. The number of rotatable bonds is 2. The van der Waals surface area contributed by atoms with Gasteiger partial charge in [-0.25, -0.2) is 8.78 Å². The Balaban J connectivity index is 1.86. The van der Waals surface area contributed by atoms with Crippen LogP contribution < -0.4 is 15.9 Å². The molecule has 1 aromatic carbocycles. The van der Waals surface area contributed by atoms with E-state index in [1.807, 2.05) is 7.05 Å². The summed E-state index contributed by atoms with van der Waals surface area (Å²) in [6.07, 6.45) is 1.56. The predicted octanol–water partition coefficient (Wildman–Crippen LogP) is 1.80. The van der Waals surface area contributed by atoms with Gasteiger partial charge < -0.3 is 18.9 Å². The molecule has 0 bridgehead atoms. The van der Waals surface area contributed by atoms with Crippen molar-refractivity contribution in [1.29, 1.82) is 0 Å². The first-order valence-electron chi connectivity index (χ1n) is 8.98. The topological polar surface area (TPSA) is 74.5 Å². The first kappa shape index (κ1) is 16.5. The molecule has 1 N–H and O–H groups in total. The molecule has 7 nitrogen and oxygen atoms in total. The number of pyridine rings is 1. The minimum atomic E-state index is -0.789. The van der Waals surface area contributed by atoms with E-state index in [1.54, 1.807) is 4.90 Å². The molecule has 0 amide bonds. The van der Waals surface area contributed by atoms with E-state index in [1.165, 1.54) is 4.57 Å². The van der Waals surface area contributed by atoms with Crippen LogP contribution in [0, 0.1) is 11.6 Å². The summed E-state index contributed by atoms with van der Waals surface area (Å²) in [5, 5.41) is 1.82. The quantitative estimate of drug-likeness (QED) is 0.738. The number of nitrogens with one attached hydrogen (secondary N) is 1. The molecule has 9 heteroatoms. The van der Waals surface area contributed by atoms with Crippen LogP contribution in [-0.2, 0) is 0 Å². The van der Waals surface area contributed by atoms with Crippen molar-refractivity contribution < 1.29 is 13.3 Å². The van der Waals surface area contributed by atoms with Crippen LogP contribution >= 0.6 is 0 Å². The molecule has 2 aliphatic rings. The second-order valence-electron chi connectivity index (χ2n) is 7.35. The van der Waals surface area contributed by atoms with Gasteiger partial charge in [0.05, 0.1) is 10.9 Å². The summed E-state index contributed by atoms with van der Waals surface area (Å²) in [4.78, 5) is 28.5. The molecule has 0 radical (unpaired) electrons. The highest BCUT2D eigenvalue weighted by atomic mass is 19.1. The van der Waals surface area contributed by atoms with Crippen molar-refractivity contribution in [1.82, 2.24) is 14.6 Å². The van der Waals surface area contributed by atoms with E-state index in [0.717, 1.165) is 18.9 Å². The number of fused-ring (bicyclic) bond motifs is 2. The van der Waals surface area contributed by atoms with Gasteiger partial charge in [-0.15, -0.1) is 0 Å². The van der Waals surface area contributed by atoms with Crippen LogP contribution in [0.15, 0.2) is 20.2 Å². The number of hydrogen-bond acceptors (Lipinski definition) is 5. The third-order valence-corrected chi connectivity index (χ3v) is 5.51. The van der Waals surface area contributed by atoms with Crippen LogP contribution in [0.1, 0.15) is 18.9 Å². The van der Waals surface area contributed by atoms with Gasteiger partial charge in [-0.3, -0.25) is 9.59 Å². The van der Waals surface area contributed by atoms with E-state index in [0.29, 0.717) is 26.2 Å². The summed E-state index contributed by atoms with van der Waals surface area (Å²) in [6.45, 7) is 2.37. The third-order valence-electron chi connectivity index (χ3n) is 5.51. The fourth-order valence-corrected chi connectivity index (χ4v) is 3.91. The van der Waals surface area contributed by atoms with Gasteiger partial charge in [0, 0.05) is 32.2 Å². The fraction of sp³-hybridized carbons (Fsp3) is 0.444. The van der Waals surface area contributed by atoms with Gasteiger partial charge in [-0.05, 0) is 26.0 Å². The molecule has 142 valence electrons. The Morgan fingerprint density at radius 1 is 1.15 bits per heavy atom. The van der Waals surface area contributed by atoms with Crippen molar-refractivity contribution in [2.24, 2.45) is 0 Å². The summed E-state index contributed by atoms with van der Waals surface area (Å²) in [6, 6.07) is 0.981. The average Bonchev–Trinajstić information content (AvgIpc) is 3.40. The first-order valence-corrected chi connectivity index (χ1v) is 8.98. The molecule has 5 rings (SSSR count). The number of benzene rings is 1. The number of aromatic amines is 1. The van der Waals surface area contributed by atoms with Crippen molar-refractivity contribution in [2.45, 2.75) is 18.9 Å². The number of H-pyrrole nitrogens is 1. The molecule has 3 aromatic rings. The van der Waals surface area contributed by atoms with Crippen molar-refractivity contribution in [3.05, 3.63) is 38.3 Å². The average molecular weight is 376 g/mol. The Kier molecular flexibility index (Phi) is 3.45. The smallest absolute Gasteiger partial charge is 0.293 e. The van der Waals surface area contributed by atoms with Crippen LogP contribution in [0.2, 0.25) is 0 Å². The lowest BCUT2D eigenvalue weighted by atomic mass is 10.1. The molecule has 0 spiro atoms. The zero-order valence-corrected chi connectivity index (χ0v) is 14.7. The molecule has 1 aliphatic carbocycles. The maximum absolute atomic E-state index is 15.6. The number of nitrogens with zero attached hydrogens (tertiary/aromatic N) is 3. The Labute approximate surface area is 151 Å². The number of hydrogen-bond donors (Lipinski definition) is 1. The van der Waals surface area contributed by atoms with Crippen LogP contribution in [0.3, 0.4) is 0 Å². The van der Waals surface area contributed by atoms with E-state index in [9.17, 15) is 14.0 Å². The summed E-state index contributed by atoms with van der Waals surface area (Å²) < 4.78 is 37.2. The van der Waals surface area contributed by atoms with Gasteiger partial charge in [0.2, 0.25) is 11.1 Å². The van der Waals surface area contributed by atoms with Crippen molar-refractivity contribution >= 4 is 27.7 Å². The minimum absolute atomic E-state index is 0.00748. The van der Waals surface area contributed by atoms with Crippen LogP contribution in [0.25, 0.3) is 22.0 Å². The lowest BCUT2D eigenvalue weighted by molar-refractivity contribution is 0.310. The molecule has 1 saturated heterocycles. The van der Waals surface area contributed by atoms with E-state index in [2.05, 4.69) is 10.1 Å². The third kappa shape index (κ3) is 2.34. The molecular weight excluding hydrogens is 358 g/mol. The lowest BCUT2D eigenvalue weighted by Gasteiger charge is -2.34. The molecule has 27 heavy (non-hydrogen) atoms. The normalized spacial score (nSPS) is 18.7. The second kappa shape index (κ2) is 5.66. The highest BCUT2D eigenvalue weighted by Gasteiger charge is 2.33. The van der Waals surface area contributed by atoms with Gasteiger partial charge in [0.15, 0.2) is 11.2 Å². The molecule has 2 aromatic heterocycles. The van der Waals surface area contributed by atoms with E-state index < -0.39 is 22.6 Å². The van der Waals surface area contributed by atoms with Crippen molar-refractivity contribution in [3.63, 3.8) is 0 Å². The second-order valence-corrected chi connectivity index (χ2v) is 7.35. The van der Waals surface area contributed by atoms with Gasteiger partial charge >= 0.3 is 0 Å². The highest BCUT2D eigenvalue weighted by molar-refractivity contribution is 5.93. The number of aromatic nitrogens is 2. The molecule has 2 fully saturated rings. The first-order chi connectivity index (χ1) is 13.0. The molecule has 3 heterocycles. The molecule has 0 atom stereocenters. The molecule has 1 saturated carbocycles. The zero-order chi connectivity index (χ0) is 18.9. The molecule has 0 unspecified atom stereocenters. The van der Waals surface area contributed by atoms with Gasteiger partial charge in [0.1, 0.15) is 11.5 Å². The number of piperazine rings is 1. The van der Waals surface area contributed by atoms with E-state index >= 15 is 4.39 Å². The lowest BCUT2D eigenvalue weighted by Crippen LogP contribution is -2.45. The number of halogens is 2. The van der Waals surface area contributed by atoms with Crippen LogP contribution in [0.4, 0.5) is 14.5 Å². The minimum Gasteiger partial charge on any atom is -0.364 e. The summed E-state index contributed by atoms with van der Waals surface area (Å²) >= 11 is 0.